The number of aromatic nitrogens is 1. The molecule has 1 rings (SSSR count). The molecule has 1 aromatic rings. The molecule has 0 saturated heterocycles. The normalized spacial score (nSPS) is 10.3. The Kier molecular flexibility index (Phi) is 2.85. The lowest BCUT2D eigenvalue weighted by Crippen LogP contribution is -2.00. The molecule has 0 aromatic carbocycles. The van der Waals surface area contributed by atoms with Crippen LogP contribution in [0.25, 0.3) is 0 Å². The third kappa shape index (κ3) is 1.50. The highest BCUT2D eigenvalue weighted by Crippen LogP contribution is 2.16. The molecule has 1 aromatic heterocycles. The van der Waals surface area contributed by atoms with Crippen LogP contribution in [0, 0.1) is 13.8 Å². The molecule has 0 saturated carbocycles. The second kappa shape index (κ2) is 3.70. The Morgan fingerprint density at radius 2 is 1.83 bits per heavy atom. The molecule has 0 radical (unpaired) electrons. The summed E-state index contributed by atoms with van der Waals surface area (Å²) in [6, 6.07) is 0. The van der Waals surface area contributed by atoms with E-state index >= 15 is 0 Å². The fourth-order valence-corrected chi connectivity index (χ4v) is 1.58. The maximum Gasteiger partial charge on any atom is 0.0435 e. The van der Waals surface area contributed by atoms with Crippen molar-refractivity contribution in [2.45, 2.75) is 40.5 Å². The van der Waals surface area contributed by atoms with Crippen molar-refractivity contribution in [2.75, 3.05) is 0 Å². The number of hydrogen-bond acceptors (Lipinski definition) is 1. The van der Waals surface area contributed by atoms with Crippen molar-refractivity contribution in [1.29, 1.82) is 0 Å². The smallest absolute Gasteiger partial charge is 0.0435 e. The van der Waals surface area contributed by atoms with Gasteiger partial charge in [-0.1, -0.05) is 13.8 Å². The van der Waals surface area contributed by atoms with Crippen molar-refractivity contribution in [1.82, 2.24) is 4.98 Å². The van der Waals surface area contributed by atoms with Gasteiger partial charge in [0.15, 0.2) is 0 Å². The van der Waals surface area contributed by atoms with E-state index in [1.54, 1.807) is 0 Å². The van der Waals surface area contributed by atoms with E-state index in [9.17, 15) is 0 Å². The number of pyridine rings is 1. The molecule has 0 aliphatic heterocycles. The molecular weight excluding hydrogens is 146 g/mol. The summed E-state index contributed by atoms with van der Waals surface area (Å²) in [7, 11) is 0. The highest BCUT2D eigenvalue weighted by Gasteiger charge is 2.05. The van der Waals surface area contributed by atoms with Gasteiger partial charge in [0.2, 0.25) is 0 Å². The highest BCUT2D eigenvalue weighted by molar-refractivity contribution is 5.34. The zero-order valence-corrected chi connectivity index (χ0v) is 8.44. The molecule has 1 nitrogen and oxygen atoms in total. The van der Waals surface area contributed by atoms with Crippen LogP contribution in [0.3, 0.4) is 0 Å². The Balaban J connectivity index is 3.25. The van der Waals surface area contributed by atoms with Crippen molar-refractivity contribution in [2.24, 2.45) is 0 Å². The van der Waals surface area contributed by atoms with Crippen molar-refractivity contribution < 1.29 is 0 Å². The topological polar surface area (TPSA) is 12.9 Å². The Bertz CT molecular complexity index is 277. The first kappa shape index (κ1) is 9.24. The Morgan fingerprint density at radius 1 is 1.17 bits per heavy atom. The van der Waals surface area contributed by atoms with Gasteiger partial charge in [-0.2, -0.15) is 0 Å². The van der Waals surface area contributed by atoms with Gasteiger partial charge in [0.05, 0.1) is 0 Å². The standard InChI is InChI=1S/C11H17N/c1-5-10-9(4)8(3)7-12-11(10)6-2/h7H,5-6H2,1-4H3. The van der Waals surface area contributed by atoms with E-state index in [-0.39, 0.29) is 0 Å². The average Bonchev–Trinajstić information content (AvgIpc) is 2.09. The minimum Gasteiger partial charge on any atom is -0.261 e. The van der Waals surface area contributed by atoms with Crippen molar-refractivity contribution >= 4 is 0 Å². The summed E-state index contributed by atoms with van der Waals surface area (Å²) in [6.07, 6.45) is 4.13. The third-order valence-corrected chi connectivity index (χ3v) is 2.49. The number of aryl methyl sites for hydroxylation is 2. The fourth-order valence-electron chi connectivity index (χ4n) is 1.58. The van der Waals surface area contributed by atoms with Crippen LogP contribution in [0.4, 0.5) is 0 Å². The fraction of sp³-hybridized carbons (Fsp3) is 0.545. The molecule has 0 unspecified atom stereocenters. The molecule has 0 spiro atoms. The lowest BCUT2D eigenvalue weighted by molar-refractivity contribution is 0.939. The summed E-state index contributed by atoms with van der Waals surface area (Å²) in [5, 5.41) is 0. The van der Waals surface area contributed by atoms with Crippen LogP contribution in [-0.4, -0.2) is 4.98 Å². The number of rotatable bonds is 2. The molecule has 0 aliphatic rings. The third-order valence-electron chi connectivity index (χ3n) is 2.49. The second-order valence-corrected chi connectivity index (χ2v) is 3.20. The largest absolute Gasteiger partial charge is 0.261 e. The van der Waals surface area contributed by atoms with E-state index in [4.69, 9.17) is 0 Å². The number of nitrogens with zero attached hydrogens (tertiary/aromatic N) is 1. The summed E-state index contributed by atoms with van der Waals surface area (Å²) < 4.78 is 0. The summed E-state index contributed by atoms with van der Waals surface area (Å²) >= 11 is 0. The van der Waals surface area contributed by atoms with Crippen molar-refractivity contribution in [3.05, 3.63) is 28.6 Å². The molecule has 1 heterocycles. The second-order valence-electron chi connectivity index (χ2n) is 3.20. The molecular formula is C11H17N. The number of hydrogen-bond donors (Lipinski definition) is 0. The summed E-state index contributed by atoms with van der Waals surface area (Å²) in [5.41, 5.74) is 5.44. The van der Waals surface area contributed by atoms with Crippen LogP contribution >= 0.6 is 0 Å². The van der Waals surface area contributed by atoms with E-state index < -0.39 is 0 Å². The van der Waals surface area contributed by atoms with E-state index in [0.717, 1.165) is 12.8 Å². The molecule has 0 N–H and O–H groups in total. The average molecular weight is 163 g/mol. The molecule has 0 fully saturated rings. The first-order valence-corrected chi connectivity index (χ1v) is 4.64. The van der Waals surface area contributed by atoms with Gasteiger partial charge in [-0.15, -0.1) is 0 Å². The highest BCUT2D eigenvalue weighted by atomic mass is 14.7. The van der Waals surface area contributed by atoms with E-state index in [0.29, 0.717) is 0 Å². The maximum atomic E-state index is 4.43. The van der Waals surface area contributed by atoms with Gasteiger partial charge in [-0.25, -0.2) is 0 Å². The molecule has 0 atom stereocenters. The molecule has 0 amide bonds. The van der Waals surface area contributed by atoms with Crippen LogP contribution in [0.5, 0.6) is 0 Å². The molecule has 0 bridgehead atoms. The SMILES string of the molecule is CCc1ncc(C)c(C)c1CC. The van der Waals surface area contributed by atoms with Crippen LogP contribution < -0.4 is 0 Å². The molecule has 66 valence electrons. The van der Waals surface area contributed by atoms with Crippen molar-refractivity contribution in [3.8, 4) is 0 Å². The van der Waals surface area contributed by atoms with Crippen LogP contribution in [0.1, 0.15) is 36.2 Å². The zero-order valence-electron chi connectivity index (χ0n) is 8.44. The van der Waals surface area contributed by atoms with Gasteiger partial charge in [0.25, 0.3) is 0 Å². The quantitative estimate of drug-likeness (QED) is 0.653. The van der Waals surface area contributed by atoms with Gasteiger partial charge in [0.1, 0.15) is 0 Å². The van der Waals surface area contributed by atoms with Gasteiger partial charge in [-0.3, -0.25) is 4.98 Å². The van der Waals surface area contributed by atoms with Crippen LogP contribution in [0.2, 0.25) is 0 Å². The lowest BCUT2D eigenvalue weighted by atomic mass is 10.0. The van der Waals surface area contributed by atoms with E-state index in [1.807, 2.05) is 6.20 Å². The predicted molar refractivity (Wildman–Crippen MR) is 52.5 cm³/mol. The minimum atomic E-state index is 1.05. The summed E-state index contributed by atoms with van der Waals surface area (Å²) in [6.45, 7) is 8.68. The predicted octanol–water partition coefficient (Wildman–Crippen LogP) is 2.82. The minimum absolute atomic E-state index is 1.05. The Morgan fingerprint density at radius 3 is 2.33 bits per heavy atom. The van der Waals surface area contributed by atoms with Crippen molar-refractivity contribution in [3.63, 3.8) is 0 Å². The monoisotopic (exact) mass is 163 g/mol. The molecule has 1 heteroatoms. The van der Waals surface area contributed by atoms with Gasteiger partial charge < -0.3 is 0 Å². The first-order valence-electron chi connectivity index (χ1n) is 4.64. The first-order chi connectivity index (χ1) is 5.70. The Labute approximate surface area is 74.8 Å². The van der Waals surface area contributed by atoms with Gasteiger partial charge in [0, 0.05) is 11.9 Å². The summed E-state index contributed by atoms with van der Waals surface area (Å²) in [5.74, 6) is 0. The Hall–Kier alpha value is -0.850. The van der Waals surface area contributed by atoms with E-state index in [2.05, 4.69) is 32.7 Å². The van der Waals surface area contributed by atoms with Gasteiger partial charge in [-0.05, 0) is 43.4 Å². The zero-order chi connectivity index (χ0) is 9.14. The van der Waals surface area contributed by atoms with Crippen LogP contribution in [-0.2, 0) is 12.8 Å². The molecule has 0 aliphatic carbocycles. The summed E-state index contributed by atoms with van der Waals surface area (Å²) in [4.78, 5) is 4.43. The van der Waals surface area contributed by atoms with Gasteiger partial charge >= 0.3 is 0 Å². The van der Waals surface area contributed by atoms with E-state index in [1.165, 1.54) is 22.4 Å². The maximum absolute atomic E-state index is 4.43. The van der Waals surface area contributed by atoms with Crippen LogP contribution in [0.15, 0.2) is 6.20 Å². The molecule has 12 heavy (non-hydrogen) atoms. The lowest BCUT2D eigenvalue weighted by Gasteiger charge is -2.10.